The van der Waals surface area contributed by atoms with Crippen molar-refractivity contribution in [1.82, 2.24) is 24.6 Å². The molecule has 1 aromatic heterocycles. The maximum atomic E-state index is 12.7. The molecule has 166 valence electrons. The van der Waals surface area contributed by atoms with E-state index in [-0.39, 0.29) is 11.8 Å². The Labute approximate surface area is 193 Å². The Bertz CT molecular complexity index is 1270. The highest BCUT2D eigenvalue weighted by Gasteiger charge is 2.31. The number of hydrogen-bond acceptors (Lipinski definition) is 6. The molecule has 0 saturated heterocycles. The van der Waals surface area contributed by atoms with Gasteiger partial charge in [-0.25, -0.2) is 14.5 Å². The number of benzene rings is 2. The molecule has 0 unspecified atom stereocenters. The maximum absolute atomic E-state index is 12.7. The van der Waals surface area contributed by atoms with E-state index in [2.05, 4.69) is 20.4 Å². The molecule has 33 heavy (non-hydrogen) atoms. The molecule has 1 N–H and O–H groups in total. The third-order valence-electron chi connectivity index (χ3n) is 5.07. The number of urea groups is 1. The molecule has 3 amide bonds. The molecule has 3 heterocycles. The van der Waals surface area contributed by atoms with E-state index in [0.717, 1.165) is 11.3 Å². The highest BCUT2D eigenvalue weighted by Crippen LogP contribution is 2.21. The fourth-order valence-corrected chi connectivity index (χ4v) is 3.68. The number of amidine groups is 1. The van der Waals surface area contributed by atoms with Crippen molar-refractivity contribution in [1.29, 1.82) is 0 Å². The zero-order valence-electron chi connectivity index (χ0n) is 17.3. The standard InChI is InChI=1S/C22H18ClN7O3/c23-16-4-1-3-15(9-16)11-28-7-8-29-12-19(33-22(29)27-21(28)32)20(31)26-17-5-2-6-18(10-17)30-14-24-13-25-30/h1-6,9-10,12-14H,7-8,11H2,(H,26,31). The number of amides is 3. The number of nitrogens with zero attached hydrogens (tertiary/aromatic N) is 6. The minimum absolute atomic E-state index is 0.0519. The van der Waals surface area contributed by atoms with E-state index in [1.807, 2.05) is 24.3 Å². The fourth-order valence-electron chi connectivity index (χ4n) is 3.47. The molecule has 10 nitrogen and oxygen atoms in total. The summed E-state index contributed by atoms with van der Waals surface area (Å²) in [6.07, 6.45) is 4.54. The van der Waals surface area contributed by atoms with E-state index in [1.54, 1.807) is 51.3 Å². The van der Waals surface area contributed by atoms with Crippen molar-refractivity contribution in [3.8, 4) is 5.69 Å². The Morgan fingerprint density at radius 3 is 2.85 bits per heavy atom. The van der Waals surface area contributed by atoms with Crippen LogP contribution in [-0.4, -0.2) is 55.6 Å². The van der Waals surface area contributed by atoms with Gasteiger partial charge in [-0.3, -0.25) is 9.69 Å². The zero-order valence-corrected chi connectivity index (χ0v) is 18.0. The second-order valence-corrected chi connectivity index (χ2v) is 7.80. The fraction of sp³-hybridized carbons (Fsp3) is 0.136. The molecule has 2 aliphatic rings. The lowest BCUT2D eigenvalue weighted by atomic mass is 10.2. The molecule has 0 saturated carbocycles. The number of carbonyl (C=O) groups excluding carboxylic acids is 2. The third-order valence-corrected chi connectivity index (χ3v) is 5.30. The first kappa shape index (κ1) is 20.7. The van der Waals surface area contributed by atoms with Crippen LogP contribution < -0.4 is 5.32 Å². The Morgan fingerprint density at radius 2 is 2.03 bits per heavy atom. The number of carbonyl (C=O) groups is 2. The van der Waals surface area contributed by atoms with Crippen LogP contribution in [0.1, 0.15) is 5.56 Å². The second-order valence-electron chi connectivity index (χ2n) is 7.36. The minimum atomic E-state index is -0.454. The number of halogens is 1. The van der Waals surface area contributed by atoms with Crippen LogP contribution in [0.5, 0.6) is 0 Å². The summed E-state index contributed by atoms with van der Waals surface area (Å²) in [5, 5.41) is 7.47. The molecule has 2 aromatic carbocycles. The molecule has 2 aliphatic heterocycles. The monoisotopic (exact) mass is 463 g/mol. The third kappa shape index (κ3) is 4.55. The van der Waals surface area contributed by atoms with Crippen LogP contribution in [0.25, 0.3) is 5.69 Å². The first-order chi connectivity index (χ1) is 16.0. The van der Waals surface area contributed by atoms with E-state index >= 15 is 0 Å². The predicted octanol–water partition coefficient (Wildman–Crippen LogP) is 3.02. The summed E-state index contributed by atoms with van der Waals surface area (Å²) in [5.74, 6) is -0.402. The molecule has 5 rings (SSSR count). The Kier molecular flexibility index (Phi) is 5.49. The van der Waals surface area contributed by atoms with Crippen LogP contribution in [0, 0.1) is 0 Å². The normalized spacial score (nSPS) is 15.4. The summed E-state index contributed by atoms with van der Waals surface area (Å²) in [5.41, 5.74) is 2.21. The van der Waals surface area contributed by atoms with Gasteiger partial charge in [0.2, 0.25) is 5.76 Å². The number of aromatic nitrogens is 3. The van der Waals surface area contributed by atoms with Crippen molar-refractivity contribution in [3.05, 3.63) is 83.7 Å². The first-order valence-corrected chi connectivity index (χ1v) is 10.5. The van der Waals surface area contributed by atoms with Crippen LogP contribution in [0.4, 0.5) is 10.5 Å². The summed E-state index contributed by atoms with van der Waals surface area (Å²) in [4.78, 5) is 36.6. The Morgan fingerprint density at radius 1 is 1.15 bits per heavy atom. The molecule has 0 atom stereocenters. The number of rotatable bonds is 5. The lowest BCUT2D eigenvalue weighted by Gasteiger charge is -2.19. The summed E-state index contributed by atoms with van der Waals surface area (Å²) in [6, 6.07) is 14.1. The van der Waals surface area contributed by atoms with Gasteiger partial charge in [0.05, 0.1) is 11.9 Å². The molecule has 0 fully saturated rings. The van der Waals surface area contributed by atoms with Gasteiger partial charge < -0.3 is 15.0 Å². The van der Waals surface area contributed by atoms with Gasteiger partial charge in [0, 0.05) is 30.3 Å². The van der Waals surface area contributed by atoms with Crippen molar-refractivity contribution < 1.29 is 14.3 Å². The van der Waals surface area contributed by atoms with Gasteiger partial charge in [0.25, 0.3) is 5.91 Å². The number of aliphatic imine (C=N–C) groups is 1. The van der Waals surface area contributed by atoms with Gasteiger partial charge in [-0.2, -0.15) is 5.10 Å². The minimum Gasteiger partial charge on any atom is -0.418 e. The number of hydrogen-bond donors (Lipinski definition) is 1. The van der Waals surface area contributed by atoms with Gasteiger partial charge in [0.15, 0.2) is 0 Å². The second kappa shape index (κ2) is 8.75. The first-order valence-electron chi connectivity index (χ1n) is 10.1. The quantitative estimate of drug-likeness (QED) is 0.623. The van der Waals surface area contributed by atoms with Gasteiger partial charge in [-0.15, -0.1) is 4.99 Å². The summed E-state index contributed by atoms with van der Waals surface area (Å²) < 4.78 is 7.18. The lowest BCUT2D eigenvalue weighted by molar-refractivity contribution is -0.114. The summed E-state index contributed by atoms with van der Waals surface area (Å²) >= 11 is 6.04. The average Bonchev–Trinajstić information content (AvgIpc) is 3.45. The largest absolute Gasteiger partial charge is 0.418 e. The summed E-state index contributed by atoms with van der Waals surface area (Å²) in [6.45, 7) is 1.22. The van der Waals surface area contributed by atoms with E-state index < -0.39 is 11.9 Å². The SMILES string of the molecule is O=C(Nc1cccc(-n2cncn2)c1)C1=CN2CCN(Cc3cccc(Cl)c3)C(=O)N=C2O1. The lowest BCUT2D eigenvalue weighted by Crippen LogP contribution is -2.31. The zero-order chi connectivity index (χ0) is 22.8. The van der Waals surface area contributed by atoms with E-state index in [0.29, 0.717) is 30.3 Å². The highest BCUT2D eigenvalue weighted by atomic mass is 35.5. The van der Waals surface area contributed by atoms with E-state index in [1.165, 1.54) is 6.33 Å². The Balaban J connectivity index is 1.25. The number of anilines is 1. The molecule has 0 bridgehead atoms. The van der Waals surface area contributed by atoms with Gasteiger partial charge >= 0.3 is 12.1 Å². The van der Waals surface area contributed by atoms with Gasteiger partial charge in [-0.05, 0) is 35.9 Å². The molecule has 11 heteroatoms. The predicted molar refractivity (Wildman–Crippen MR) is 121 cm³/mol. The molecule has 3 aromatic rings. The number of fused-ring (bicyclic) bond motifs is 1. The Hall–Kier alpha value is -4.18. The van der Waals surface area contributed by atoms with Crippen LogP contribution in [0.3, 0.4) is 0 Å². The van der Waals surface area contributed by atoms with Gasteiger partial charge in [-0.1, -0.05) is 29.8 Å². The van der Waals surface area contributed by atoms with E-state index in [4.69, 9.17) is 16.3 Å². The van der Waals surface area contributed by atoms with E-state index in [9.17, 15) is 9.59 Å². The van der Waals surface area contributed by atoms with Crippen molar-refractivity contribution in [2.45, 2.75) is 6.54 Å². The number of nitrogens with one attached hydrogen (secondary N) is 1. The van der Waals surface area contributed by atoms with Crippen molar-refractivity contribution in [2.24, 2.45) is 4.99 Å². The smallest absolute Gasteiger partial charge is 0.348 e. The van der Waals surface area contributed by atoms with Crippen molar-refractivity contribution in [3.63, 3.8) is 0 Å². The van der Waals surface area contributed by atoms with Crippen LogP contribution in [-0.2, 0) is 16.1 Å². The number of ether oxygens (including phenoxy) is 1. The average molecular weight is 464 g/mol. The summed E-state index contributed by atoms with van der Waals surface area (Å²) in [7, 11) is 0. The van der Waals surface area contributed by atoms with Crippen molar-refractivity contribution >= 4 is 35.2 Å². The van der Waals surface area contributed by atoms with Gasteiger partial charge in [0.1, 0.15) is 12.7 Å². The van der Waals surface area contributed by atoms with Crippen LogP contribution in [0.15, 0.2) is 78.1 Å². The molecular weight excluding hydrogens is 446 g/mol. The highest BCUT2D eigenvalue weighted by molar-refractivity contribution is 6.30. The maximum Gasteiger partial charge on any atom is 0.348 e. The topological polar surface area (TPSA) is 105 Å². The molecular formula is C22H18ClN7O3. The molecule has 0 radical (unpaired) electrons. The molecule has 0 aliphatic carbocycles. The molecule has 0 spiro atoms. The van der Waals surface area contributed by atoms with Crippen molar-refractivity contribution in [2.75, 3.05) is 18.4 Å². The van der Waals surface area contributed by atoms with Crippen LogP contribution in [0.2, 0.25) is 5.02 Å². The van der Waals surface area contributed by atoms with Crippen LogP contribution >= 0.6 is 11.6 Å².